The molecule has 0 unspecified atom stereocenters. The first-order valence-electron chi connectivity index (χ1n) is 6.29. The summed E-state index contributed by atoms with van der Waals surface area (Å²) in [5, 5.41) is 2.60. The average Bonchev–Trinajstić information content (AvgIpc) is 2.38. The molecule has 0 aliphatic carbocycles. The standard InChI is InChI=1S/C14H20N2O3/c1-11-2-4-12(5-3-11)10-19-14(18)7-9-16-13(17)6-8-15/h2-5H,6-10,15H2,1H3,(H,16,17). The molecule has 0 fully saturated rings. The molecule has 0 radical (unpaired) electrons. The van der Waals surface area contributed by atoms with Gasteiger partial charge in [0.1, 0.15) is 6.61 Å². The predicted octanol–water partition coefficient (Wildman–Crippen LogP) is 0.893. The van der Waals surface area contributed by atoms with Gasteiger partial charge in [-0.3, -0.25) is 9.59 Å². The number of esters is 1. The summed E-state index contributed by atoms with van der Waals surface area (Å²) in [5.41, 5.74) is 7.35. The largest absolute Gasteiger partial charge is 0.461 e. The highest BCUT2D eigenvalue weighted by atomic mass is 16.5. The lowest BCUT2D eigenvalue weighted by molar-refractivity contribution is -0.144. The van der Waals surface area contributed by atoms with Crippen LogP contribution in [0.2, 0.25) is 0 Å². The molecular formula is C14H20N2O3. The smallest absolute Gasteiger partial charge is 0.307 e. The van der Waals surface area contributed by atoms with E-state index in [1.165, 1.54) is 0 Å². The van der Waals surface area contributed by atoms with E-state index in [4.69, 9.17) is 10.5 Å². The minimum absolute atomic E-state index is 0.145. The number of ether oxygens (including phenoxy) is 1. The summed E-state index contributed by atoms with van der Waals surface area (Å²) in [4.78, 5) is 22.5. The molecule has 104 valence electrons. The summed E-state index contributed by atoms with van der Waals surface area (Å²) >= 11 is 0. The normalized spacial score (nSPS) is 10.0. The molecule has 0 heterocycles. The van der Waals surface area contributed by atoms with E-state index in [1.807, 2.05) is 31.2 Å². The quantitative estimate of drug-likeness (QED) is 0.717. The summed E-state index contributed by atoms with van der Waals surface area (Å²) in [6.07, 6.45) is 0.445. The zero-order valence-corrected chi connectivity index (χ0v) is 11.1. The van der Waals surface area contributed by atoms with E-state index in [1.54, 1.807) is 0 Å². The maximum Gasteiger partial charge on any atom is 0.307 e. The zero-order valence-electron chi connectivity index (χ0n) is 11.1. The maximum absolute atomic E-state index is 11.4. The van der Waals surface area contributed by atoms with Crippen molar-refractivity contribution in [3.63, 3.8) is 0 Å². The molecular weight excluding hydrogens is 244 g/mol. The van der Waals surface area contributed by atoms with Crippen LogP contribution in [-0.4, -0.2) is 25.0 Å². The van der Waals surface area contributed by atoms with Gasteiger partial charge < -0.3 is 15.8 Å². The van der Waals surface area contributed by atoms with E-state index < -0.39 is 0 Å². The Bertz CT molecular complexity index is 415. The zero-order chi connectivity index (χ0) is 14.1. The lowest BCUT2D eigenvalue weighted by atomic mass is 10.2. The molecule has 0 spiro atoms. The maximum atomic E-state index is 11.4. The number of hydrogen-bond donors (Lipinski definition) is 2. The molecule has 0 saturated carbocycles. The molecule has 0 aliphatic heterocycles. The molecule has 1 rings (SSSR count). The van der Waals surface area contributed by atoms with Crippen molar-refractivity contribution in [1.82, 2.24) is 5.32 Å². The lowest BCUT2D eigenvalue weighted by Gasteiger charge is -2.06. The Balaban J connectivity index is 2.17. The molecule has 1 amide bonds. The van der Waals surface area contributed by atoms with Crippen molar-refractivity contribution in [3.8, 4) is 0 Å². The van der Waals surface area contributed by atoms with E-state index >= 15 is 0 Å². The van der Waals surface area contributed by atoms with E-state index in [-0.39, 0.29) is 37.9 Å². The third kappa shape index (κ3) is 6.57. The highest BCUT2D eigenvalue weighted by Gasteiger charge is 2.05. The number of hydrogen-bond acceptors (Lipinski definition) is 4. The minimum atomic E-state index is -0.325. The second kappa shape index (κ2) is 8.26. The van der Waals surface area contributed by atoms with E-state index in [2.05, 4.69) is 5.32 Å². The Morgan fingerprint density at radius 2 is 1.89 bits per heavy atom. The average molecular weight is 264 g/mol. The molecule has 3 N–H and O–H groups in total. The lowest BCUT2D eigenvalue weighted by Crippen LogP contribution is -2.28. The Hall–Kier alpha value is -1.88. The fourth-order valence-electron chi connectivity index (χ4n) is 1.44. The van der Waals surface area contributed by atoms with E-state index in [9.17, 15) is 9.59 Å². The Kier molecular flexibility index (Phi) is 6.60. The van der Waals surface area contributed by atoms with Crippen molar-refractivity contribution in [3.05, 3.63) is 35.4 Å². The fourth-order valence-corrected chi connectivity index (χ4v) is 1.44. The van der Waals surface area contributed by atoms with Crippen LogP contribution in [0.4, 0.5) is 0 Å². The Labute approximate surface area is 113 Å². The van der Waals surface area contributed by atoms with Gasteiger partial charge in [0.25, 0.3) is 0 Å². The van der Waals surface area contributed by atoms with Gasteiger partial charge in [-0.2, -0.15) is 0 Å². The van der Waals surface area contributed by atoms with Crippen molar-refractivity contribution >= 4 is 11.9 Å². The second-order valence-electron chi connectivity index (χ2n) is 4.28. The fraction of sp³-hybridized carbons (Fsp3) is 0.429. The van der Waals surface area contributed by atoms with Crippen LogP contribution in [0.3, 0.4) is 0 Å². The molecule has 0 bridgehead atoms. The summed E-state index contributed by atoms with van der Waals surface area (Å²) in [6, 6.07) is 7.78. The van der Waals surface area contributed by atoms with Crippen molar-refractivity contribution in [1.29, 1.82) is 0 Å². The van der Waals surface area contributed by atoms with Crippen molar-refractivity contribution in [2.45, 2.75) is 26.4 Å². The van der Waals surface area contributed by atoms with Crippen molar-refractivity contribution in [2.75, 3.05) is 13.1 Å². The molecule has 5 nitrogen and oxygen atoms in total. The van der Waals surface area contributed by atoms with Gasteiger partial charge in [0.2, 0.25) is 5.91 Å². The van der Waals surface area contributed by atoms with Gasteiger partial charge in [-0.15, -0.1) is 0 Å². The van der Waals surface area contributed by atoms with Crippen molar-refractivity contribution in [2.24, 2.45) is 5.73 Å². The van der Waals surface area contributed by atoms with Crippen LogP contribution in [0.15, 0.2) is 24.3 Å². The van der Waals surface area contributed by atoms with Crippen LogP contribution in [0.1, 0.15) is 24.0 Å². The first-order valence-corrected chi connectivity index (χ1v) is 6.29. The number of carbonyl (C=O) groups is 2. The molecule has 1 aromatic rings. The SMILES string of the molecule is Cc1ccc(COC(=O)CCNC(=O)CCN)cc1. The molecule has 1 aromatic carbocycles. The van der Waals surface area contributed by atoms with Gasteiger partial charge in [0.05, 0.1) is 6.42 Å². The highest BCUT2D eigenvalue weighted by Crippen LogP contribution is 2.04. The number of benzene rings is 1. The summed E-state index contributed by atoms with van der Waals surface area (Å²) < 4.78 is 5.09. The van der Waals surface area contributed by atoms with Crippen LogP contribution < -0.4 is 11.1 Å². The van der Waals surface area contributed by atoms with Gasteiger partial charge in [-0.1, -0.05) is 29.8 Å². The summed E-state index contributed by atoms with van der Waals surface area (Å²) in [5.74, 6) is -0.470. The second-order valence-corrected chi connectivity index (χ2v) is 4.28. The third-order valence-corrected chi connectivity index (χ3v) is 2.54. The molecule has 0 aliphatic rings. The van der Waals surface area contributed by atoms with Crippen LogP contribution in [0, 0.1) is 6.92 Å². The van der Waals surface area contributed by atoms with Gasteiger partial charge in [-0.05, 0) is 12.5 Å². The van der Waals surface area contributed by atoms with Crippen LogP contribution >= 0.6 is 0 Å². The van der Waals surface area contributed by atoms with E-state index in [0.717, 1.165) is 11.1 Å². The van der Waals surface area contributed by atoms with Gasteiger partial charge >= 0.3 is 5.97 Å². The summed E-state index contributed by atoms with van der Waals surface area (Å²) in [7, 11) is 0. The molecule has 0 saturated heterocycles. The minimum Gasteiger partial charge on any atom is -0.461 e. The first-order chi connectivity index (χ1) is 9.11. The number of aryl methyl sites for hydroxylation is 1. The number of amides is 1. The number of nitrogens with two attached hydrogens (primary N) is 1. The topological polar surface area (TPSA) is 81.4 Å². The third-order valence-electron chi connectivity index (χ3n) is 2.54. The number of carbonyl (C=O) groups excluding carboxylic acids is 2. The molecule has 5 heteroatoms. The predicted molar refractivity (Wildman–Crippen MR) is 72.3 cm³/mol. The van der Waals surface area contributed by atoms with Gasteiger partial charge in [-0.25, -0.2) is 0 Å². The van der Waals surface area contributed by atoms with Crippen LogP contribution in [0.5, 0.6) is 0 Å². The van der Waals surface area contributed by atoms with Crippen LogP contribution in [-0.2, 0) is 20.9 Å². The first kappa shape index (κ1) is 15.2. The molecule has 0 atom stereocenters. The summed E-state index contributed by atoms with van der Waals surface area (Å²) in [6.45, 7) is 2.85. The number of rotatable bonds is 7. The van der Waals surface area contributed by atoms with Gasteiger partial charge in [0.15, 0.2) is 0 Å². The number of nitrogens with one attached hydrogen (secondary N) is 1. The monoisotopic (exact) mass is 264 g/mol. The van der Waals surface area contributed by atoms with Gasteiger partial charge in [0, 0.05) is 19.5 Å². The molecule has 19 heavy (non-hydrogen) atoms. The molecule has 0 aromatic heterocycles. The van der Waals surface area contributed by atoms with Crippen LogP contribution in [0.25, 0.3) is 0 Å². The van der Waals surface area contributed by atoms with E-state index in [0.29, 0.717) is 6.54 Å². The Morgan fingerprint density at radius 3 is 2.53 bits per heavy atom. The van der Waals surface area contributed by atoms with Crippen molar-refractivity contribution < 1.29 is 14.3 Å². The Morgan fingerprint density at radius 1 is 1.21 bits per heavy atom. The highest BCUT2D eigenvalue weighted by molar-refractivity contribution is 5.77.